The Labute approximate surface area is 742 Å². The number of nitrogens with one attached hydrogen (secondary N) is 8. The highest BCUT2D eigenvalue weighted by atomic mass is 16.6. The number of nitrogens with zero attached hydrogens (tertiary/aromatic N) is 2. The van der Waals surface area contributed by atoms with Crippen LogP contribution >= 0.6 is 0 Å². The highest BCUT2D eigenvalue weighted by molar-refractivity contribution is 5.95. The van der Waals surface area contributed by atoms with Gasteiger partial charge in [-0.05, 0) is 80.1 Å². The van der Waals surface area contributed by atoms with Crippen LogP contribution in [0.3, 0.4) is 0 Å². The van der Waals surface area contributed by atoms with Gasteiger partial charge in [-0.1, -0.05) is 200 Å². The minimum absolute atomic E-state index is 0.0542. The van der Waals surface area contributed by atoms with Crippen molar-refractivity contribution in [3.05, 3.63) is 306 Å². The van der Waals surface area contributed by atoms with Gasteiger partial charge in [0.1, 0.15) is 33.0 Å². The highest BCUT2D eigenvalue weighted by Gasteiger charge is 2.24. The molecule has 7 aromatic rings. The van der Waals surface area contributed by atoms with E-state index in [2.05, 4.69) is 66.2 Å². The third-order valence-electron chi connectivity index (χ3n) is 16.5. The number of carbonyl (C=O) groups excluding carboxylic acids is 15. The molecule has 682 valence electrons. The van der Waals surface area contributed by atoms with Gasteiger partial charge in [-0.2, -0.15) is 0 Å². The SMILES string of the molecule is CCN(CC)C(=O)N[C@H](COC(=O)/C=C/C(=O)OC)c1ccccc1.COC(=O)/C=C/C(=O)OC[C@@H](NC(=O)N(C)C)c1ccccc1.COC(=O)/C=C/C(=O)OC[C@@H](NC(=O)NC(C)(C)C)c1ccccc1.COC(=O)/C=C/C(=O)OC[C@@H](NC(=O)NCc1ccccc1)c1ccccc1.COC(=O)/C=C/C(=O)OC[C@@H](NC(=O)Nc1ccccc1)c1ccccc1. The van der Waals surface area contributed by atoms with Crippen molar-refractivity contribution in [1.29, 1.82) is 0 Å². The van der Waals surface area contributed by atoms with E-state index in [4.69, 9.17) is 23.7 Å². The fraction of sp³-hybridized carbons (Fsp3) is 0.280. The first-order valence-corrected chi connectivity index (χ1v) is 39.5. The Bertz CT molecular complexity index is 4770. The Morgan fingerprint density at radius 3 is 0.797 bits per heavy atom. The average Bonchev–Trinajstić information content (AvgIpc) is 0.874. The van der Waals surface area contributed by atoms with Crippen LogP contribution < -0.4 is 42.5 Å². The molecule has 7 aromatic carbocycles. The Kier molecular flexibility index (Phi) is 51.2. The summed E-state index contributed by atoms with van der Waals surface area (Å²) in [4.78, 5) is 177. The molecule has 0 aliphatic heterocycles. The van der Waals surface area contributed by atoms with Crippen molar-refractivity contribution in [2.75, 3.05) is 101 Å². The fourth-order valence-corrected chi connectivity index (χ4v) is 10.0. The molecule has 0 saturated carbocycles. The number of rotatable bonds is 35. The molecule has 35 heteroatoms. The average molecular weight is 1770 g/mol. The van der Waals surface area contributed by atoms with E-state index in [9.17, 15) is 71.9 Å². The molecule has 0 bridgehead atoms. The van der Waals surface area contributed by atoms with E-state index in [-0.39, 0.29) is 57.2 Å². The fourth-order valence-electron chi connectivity index (χ4n) is 10.0. The summed E-state index contributed by atoms with van der Waals surface area (Å²) in [5, 5.41) is 22.2. The lowest BCUT2D eigenvalue weighted by molar-refractivity contribution is -0.140. The second-order valence-electron chi connectivity index (χ2n) is 27.3. The summed E-state index contributed by atoms with van der Waals surface area (Å²) in [6, 6.07) is 59.8. The molecule has 35 nitrogen and oxygen atoms in total. The maximum atomic E-state index is 12.3. The van der Waals surface area contributed by atoms with Crippen LogP contribution in [-0.2, 0) is 102 Å². The molecular formula is C93H110N10O25. The first-order valence-electron chi connectivity index (χ1n) is 39.5. The van der Waals surface area contributed by atoms with Crippen molar-refractivity contribution in [3.63, 3.8) is 0 Å². The molecule has 0 aliphatic rings. The second kappa shape index (κ2) is 61.6. The summed E-state index contributed by atoms with van der Waals surface area (Å²) < 4.78 is 47.6. The first kappa shape index (κ1) is 106. The maximum Gasteiger partial charge on any atom is 0.331 e. The number of esters is 10. The Balaban J connectivity index is 0.000000413. The van der Waals surface area contributed by atoms with E-state index < -0.39 is 101 Å². The molecule has 0 aliphatic carbocycles. The molecule has 0 unspecified atom stereocenters. The largest absolute Gasteiger partial charge is 0.466 e. The van der Waals surface area contributed by atoms with E-state index in [1.807, 2.05) is 223 Å². The van der Waals surface area contributed by atoms with Crippen molar-refractivity contribution < 1.29 is 119 Å². The summed E-state index contributed by atoms with van der Waals surface area (Å²) in [5.41, 5.74) is 5.16. The predicted molar refractivity (Wildman–Crippen MR) is 472 cm³/mol. The molecule has 0 saturated heterocycles. The lowest BCUT2D eigenvalue weighted by atomic mass is 10.1. The molecule has 0 spiro atoms. The van der Waals surface area contributed by atoms with Gasteiger partial charge in [-0.15, -0.1) is 0 Å². The van der Waals surface area contributed by atoms with Gasteiger partial charge < -0.3 is 99.7 Å². The molecule has 7 rings (SSSR count). The second-order valence-corrected chi connectivity index (χ2v) is 27.3. The van der Waals surface area contributed by atoms with E-state index in [1.165, 1.54) is 40.4 Å². The number of hydrogen-bond acceptors (Lipinski definition) is 25. The van der Waals surface area contributed by atoms with Crippen LogP contribution in [0.5, 0.6) is 0 Å². The molecule has 0 aromatic heterocycles. The summed E-state index contributed by atoms with van der Waals surface area (Å²) in [7, 11) is 9.28. The van der Waals surface area contributed by atoms with Crippen LogP contribution in [0.2, 0.25) is 0 Å². The van der Waals surface area contributed by atoms with Crippen LogP contribution in [0.4, 0.5) is 29.7 Å². The van der Waals surface area contributed by atoms with Crippen molar-refractivity contribution in [3.8, 4) is 0 Å². The molecule has 0 heterocycles. The Morgan fingerprint density at radius 1 is 0.305 bits per heavy atom. The Morgan fingerprint density at radius 2 is 0.539 bits per heavy atom. The van der Waals surface area contributed by atoms with Gasteiger partial charge in [-0.25, -0.2) is 71.9 Å². The lowest BCUT2D eigenvalue weighted by Crippen LogP contribution is -2.48. The zero-order valence-corrected chi connectivity index (χ0v) is 73.1. The normalized spacial score (nSPS) is 11.7. The molecule has 0 fully saturated rings. The van der Waals surface area contributed by atoms with Crippen LogP contribution in [0, 0.1) is 0 Å². The van der Waals surface area contributed by atoms with Crippen molar-refractivity contribution in [2.24, 2.45) is 0 Å². The molecular weight excluding hydrogens is 1660 g/mol. The first-order chi connectivity index (χ1) is 61.3. The summed E-state index contributed by atoms with van der Waals surface area (Å²) >= 11 is 0. The number of methoxy groups -OCH3 is 5. The van der Waals surface area contributed by atoms with Gasteiger partial charge in [0.2, 0.25) is 0 Å². The summed E-state index contributed by atoms with van der Waals surface area (Å²) in [6.07, 6.45) is 9.74. The van der Waals surface area contributed by atoms with Gasteiger partial charge in [0.25, 0.3) is 0 Å². The minimum Gasteiger partial charge on any atom is -0.466 e. The van der Waals surface area contributed by atoms with Gasteiger partial charge >= 0.3 is 89.8 Å². The van der Waals surface area contributed by atoms with Crippen LogP contribution in [0.15, 0.2) is 273 Å². The van der Waals surface area contributed by atoms with Crippen LogP contribution in [0.25, 0.3) is 0 Å². The minimum atomic E-state index is -0.716. The predicted octanol–water partition coefficient (Wildman–Crippen LogP) is 10.7. The molecule has 5 atom stereocenters. The number of ether oxygens (including phenoxy) is 10. The number of carbonyl (C=O) groups is 15. The van der Waals surface area contributed by atoms with Crippen molar-refractivity contribution >= 4 is 95.5 Å². The van der Waals surface area contributed by atoms with Crippen molar-refractivity contribution in [2.45, 2.75) is 76.9 Å². The zero-order valence-electron chi connectivity index (χ0n) is 73.1. The molecule has 8 N–H and O–H groups in total. The standard InChI is InChI=1S/C21H22N2O5.C20H20N2O5.2C18H24N2O5.C16H20N2O5/c1-27-19(24)12-13-20(25)28-15-18(17-10-6-3-7-11-17)23-21(26)22-14-16-8-4-2-5-9-16;1-26-18(23)12-13-19(24)27-14-17(15-8-4-2-5-9-15)22-20(25)21-16-10-6-3-7-11-16;1-18(2,3)20-17(23)19-14(13-8-6-5-7-9-13)12-25-16(22)11-10-15(21)24-4;1-4-20(5-2)18(23)19-15(14-9-7-6-8-10-14)13-25-17(22)12-11-16(21)24-3;1-18(2)16(21)17-13(12-7-5-4-6-8-12)11-23-15(20)10-9-14(19)22-3/h2-13,18H,14-15H2,1H3,(H2,22,23,26);2-13,17H,14H2,1H3,(H2,21,22,25);5-11,14H,12H2,1-4H3,(H2,19,20,23);6-12,15H,4-5,13H2,1-3H3,(H,19,23);4-10,13H,11H2,1-3H3,(H,17,21)/b2*13-12+;11-10+;12-11+;10-9+/t18-;17-;14-;15-;13-/m11111/s1. The third kappa shape index (κ3) is 47.6. The van der Waals surface area contributed by atoms with Gasteiger partial charge in [0.05, 0.1) is 65.8 Å². The van der Waals surface area contributed by atoms with E-state index in [0.29, 0.717) is 25.3 Å². The number of urea groups is 5. The topological polar surface area (TPSA) is 451 Å². The van der Waals surface area contributed by atoms with Crippen LogP contribution in [-0.4, -0.2) is 201 Å². The van der Waals surface area contributed by atoms with E-state index >= 15 is 0 Å². The Hall–Kier alpha value is -15.7. The highest BCUT2D eigenvalue weighted by Crippen LogP contribution is 2.20. The van der Waals surface area contributed by atoms with Crippen LogP contribution in [0.1, 0.15) is 98.2 Å². The third-order valence-corrected chi connectivity index (χ3v) is 16.5. The number of para-hydroxylation sites is 1. The number of hydrogen-bond donors (Lipinski definition) is 8. The van der Waals surface area contributed by atoms with Gasteiger partial charge in [-0.3, -0.25) is 0 Å². The molecule has 128 heavy (non-hydrogen) atoms. The zero-order chi connectivity index (χ0) is 94.4. The summed E-state index contributed by atoms with van der Waals surface area (Å²) in [5.74, 6) is -6.79. The number of anilines is 1. The lowest BCUT2D eigenvalue weighted by Gasteiger charge is -2.24. The summed E-state index contributed by atoms with van der Waals surface area (Å²) in [6.45, 7) is 10.5. The quantitative estimate of drug-likeness (QED) is 0.0104. The van der Waals surface area contributed by atoms with Gasteiger partial charge in [0, 0.05) is 106 Å². The maximum absolute atomic E-state index is 12.3. The van der Waals surface area contributed by atoms with E-state index in [0.717, 1.165) is 94.1 Å². The monoisotopic (exact) mass is 1770 g/mol. The molecule has 0 radical (unpaired) electrons. The molecule has 10 amide bonds. The smallest absolute Gasteiger partial charge is 0.331 e. The number of amides is 10. The van der Waals surface area contributed by atoms with E-state index in [1.54, 1.807) is 43.3 Å². The van der Waals surface area contributed by atoms with Gasteiger partial charge in [0.15, 0.2) is 0 Å². The van der Waals surface area contributed by atoms with Crippen molar-refractivity contribution in [1.82, 2.24) is 47.0 Å². The number of benzene rings is 7.